The molecule has 2 N–H and O–H groups in total. The lowest BCUT2D eigenvalue weighted by atomic mass is 10.1. The zero-order valence-electron chi connectivity index (χ0n) is 10.0. The maximum atomic E-state index is 5.59. The number of anilines is 1. The van der Waals surface area contributed by atoms with E-state index in [1.807, 2.05) is 24.3 Å². The summed E-state index contributed by atoms with van der Waals surface area (Å²) in [5.41, 5.74) is 7.17. The Bertz CT molecular complexity index is 474. The van der Waals surface area contributed by atoms with Gasteiger partial charge in [-0.05, 0) is 30.2 Å². The van der Waals surface area contributed by atoms with Gasteiger partial charge in [0.05, 0.1) is 6.61 Å². The molecule has 0 saturated heterocycles. The predicted molar refractivity (Wildman–Crippen MR) is 66.7 cm³/mol. The number of nitrogen functional groups attached to an aromatic ring is 1. The fourth-order valence-corrected chi connectivity index (χ4v) is 1.41. The number of hydrogen-bond acceptors (Lipinski definition) is 4. The van der Waals surface area contributed by atoms with Gasteiger partial charge < -0.3 is 15.0 Å². The van der Waals surface area contributed by atoms with Gasteiger partial charge in [0, 0.05) is 11.6 Å². The largest absolute Gasteiger partial charge is 0.493 e. The van der Waals surface area contributed by atoms with E-state index in [9.17, 15) is 0 Å². The first-order valence-electron chi connectivity index (χ1n) is 5.60. The van der Waals surface area contributed by atoms with E-state index < -0.39 is 0 Å². The molecular formula is C13H16N2O2. The highest BCUT2D eigenvalue weighted by Crippen LogP contribution is 2.23. The third kappa shape index (κ3) is 3.00. The lowest BCUT2D eigenvalue weighted by molar-refractivity contribution is 0.271. The van der Waals surface area contributed by atoms with Gasteiger partial charge in [-0.25, -0.2) is 0 Å². The molecule has 0 bridgehead atoms. The number of nitrogens with zero attached hydrogens (tertiary/aromatic N) is 1. The van der Waals surface area contributed by atoms with Crippen LogP contribution in [0, 0.1) is 5.92 Å². The third-order valence-electron chi connectivity index (χ3n) is 2.26. The molecule has 4 nitrogen and oxygen atoms in total. The second-order valence-corrected chi connectivity index (χ2v) is 4.34. The van der Waals surface area contributed by atoms with Gasteiger partial charge in [-0.15, -0.1) is 0 Å². The minimum atomic E-state index is 0.320. The van der Waals surface area contributed by atoms with E-state index in [0.29, 0.717) is 11.8 Å². The molecule has 0 radical (unpaired) electrons. The van der Waals surface area contributed by atoms with Gasteiger partial charge in [0.2, 0.25) is 5.88 Å². The van der Waals surface area contributed by atoms with Gasteiger partial charge in [-0.3, -0.25) is 0 Å². The summed E-state index contributed by atoms with van der Waals surface area (Å²) >= 11 is 0. The van der Waals surface area contributed by atoms with Gasteiger partial charge in [0.15, 0.2) is 0 Å². The van der Waals surface area contributed by atoms with Crippen molar-refractivity contribution in [3.63, 3.8) is 0 Å². The van der Waals surface area contributed by atoms with Crippen LogP contribution in [-0.2, 0) is 0 Å². The molecule has 1 aromatic carbocycles. The van der Waals surface area contributed by atoms with E-state index in [1.165, 1.54) is 0 Å². The van der Waals surface area contributed by atoms with Gasteiger partial charge >= 0.3 is 0 Å². The Morgan fingerprint density at radius 1 is 1.29 bits per heavy atom. The van der Waals surface area contributed by atoms with Gasteiger partial charge in [-0.2, -0.15) is 0 Å². The summed E-state index contributed by atoms with van der Waals surface area (Å²) in [4.78, 5) is 0. The van der Waals surface area contributed by atoms with Crippen LogP contribution < -0.4 is 10.5 Å². The van der Waals surface area contributed by atoms with Crippen molar-refractivity contribution in [1.82, 2.24) is 5.16 Å². The van der Waals surface area contributed by atoms with Crippen molar-refractivity contribution in [3.05, 3.63) is 30.3 Å². The molecule has 0 unspecified atom stereocenters. The van der Waals surface area contributed by atoms with Crippen molar-refractivity contribution in [2.24, 2.45) is 5.92 Å². The highest BCUT2D eigenvalue weighted by atomic mass is 16.5. The van der Waals surface area contributed by atoms with Crippen molar-refractivity contribution in [1.29, 1.82) is 0 Å². The Hall–Kier alpha value is -1.97. The molecule has 90 valence electrons. The molecule has 2 rings (SSSR count). The summed E-state index contributed by atoms with van der Waals surface area (Å²) in [5, 5.41) is 3.85. The summed E-state index contributed by atoms with van der Waals surface area (Å²) in [6.07, 6.45) is 0. The third-order valence-corrected chi connectivity index (χ3v) is 2.26. The first-order chi connectivity index (χ1) is 8.15. The van der Waals surface area contributed by atoms with Gasteiger partial charge in [-0.1, -0.05) is 19.0 Å². The molecule has 1 heterocycles. The van der Waals surface area contributed by atoms with Crippen molar-refractivity contribution < 1.29 is 9.26 Å². The normalized spacial score (nSPS) is 10.8. The molecule has 0 aliphatic carbocycles. The summed E-state index contributed by atoms with van der Waals surface area (Å²) in [6.45, 7) is 4.95. The maximum Gasteiger partial charge on any atom is 0.222 e. The van der Waals surface area contributed by atoms with Crippen LogP contribution in [0.1, 0.15) is 13.8 Å². The van der Waals surface area contributed by atoms with Gasteiger partial charge in [0.25, 0.3) is 0 Å². The molecule has 0 aliphatic rings. The molecule has 0 saturated carbocycles. The minimum Gasteiger partial charge on any atom is -0.493 e. The van der Waals surface area contributed by atoms with E-state index in [1.54, 1.807) is 6.07 Å². The number of hydrogen-bond donors (Lipinski definition) is 1. The van der Waals surface area contributed by atoms with Crippen LogP contribution in [0.4, 0.5) is 5.88 Å². The Labute approximate surface area is 100 Å². The van der Waals surface area contributed by atoms with Crippen molar-refractivity contribution in [2.45, 2.75) is 13.8 Å². The van der Waals surface area contributed by atoms with E-state index in [0.717, 1.165) is 23.6 Å². The molecule has 4 heteroatoms. The van der Waals surface area contributed by atoms with E-state index in [2.05, 4.69) is 19.0 Å². The van der Waals surface area contributed by atoms with Crippen LogP contribution in [0.3, 0.4) is 0 Å². The Balaban J connectivity index is 2.07. The lowest BCUT2D eigenvalue weighted by Gasteiger charge is -2.08. The molecule has 1 aromatic heterocycles. The van der Waals surface area contributed by atoms with Crippen LogP contribution in [0.15, 0.2) is 34.9 Å². The first-order valence-corrected chi connectivity index (χ1v) is 5.60. The molecule has 0 amide bonds. The van der Waals surface area contributed by atoms with E-state index in [4.69, 9.17) is 15.0 Å². The van der Waals surface area contributed by atoms with Crippen molar-refractivity contribution in [2.75, 3.05) is 12.3 Å². The Kier molecular flexibility index (Phi) is 3.32. The quantitative estimate of drug-likeness (QED) is 0.880. The zero-order chi connectivity index (χ0) is 12.3. The number of benzene rings is 1. The first kappa shape index (κ1) is 11.5. The summed E-state index contributed by atoms with van der Waals surface area (Å²) in [6, 6.07) is 9.41. The average molecular weight is 232 g/mol. The molecule has 0 spiro atoms. The zero-order valence-corrected chi connectivity index (χ0v) is 10.0. The Morgan fingerprint density at radius 3 is 2.53 bits per heavy atom. The lowest BCUT2D eigenvalue weighted by Crippen LogP contribution is -2.04. The standard InChI is InChI=1S/C13H16N2O2/c1-9(2)8-16-11-5-3-10(4-6-11)12-7-13(14)17-15-12/h3-7,9H,8,14H2,1-2H3. The second kappa shape index (κ2) is 4.91. The van der Waals surface area contributed by atoms with E-state index in [-0.39, 0.29) is 0 Å². The maximum absolute atomic E-state index is 5.59. The number of nitrogens with two attached hydrogens (primary N) is 1. The monoisotopic (exact) mass is 232 g/mol. The van der Waals surface area contributed by atoms with Crippen LogP contribution in [0.25, 0.3) is 11.3 Å². The van der Waals surface area contributed by atoms with E-state index >= 15 is 0 Å². The molecule has 2 aromatic rings. The summed E-state index contributed by atoms with van der Waals surface area (Å²) < 4.78 is 10.4. The fourth-order valence-electron chi connectivity index (χ4n) is 1.41. The fraction of sp³-hybridized carbons (Fsp3) is 0.308. The van der Waals surface area contributed by atoms with Crippen LogP contribution in [-0.4, -0.2) is 11.8 Å². The topological polar surface area (TPSA) is 61.3 Å². The SMILES string of the molecule is CC(C)COc1ccc(-c2cc(N)on2)cc1. The van der Waals surface area contributed by atoms with Crippen molar-refractivity contribution >= 4 is 5.88 Å². The van der Waals surface area contributed by atoms with Crippen LogP contribution >= 0.6 is 0 Å². The van der Waals surface area contributed by atoms with Gasteiger partial charge in [0.1, 0.15) is 11.4 Å². The number of ether oxygens (including phenoxy) is 1. The van der Waals surface area contributed by atoms with Crippen LogP contribution in [0.2, 0.25) is 0 Å². The predicted octanol–water partition coefficient (Wildman–Crippen LogP) is 2.96. The van der Waals surface area contributed by atoms with Crippen molar-refractivity contribution in [3.8, 4) is 17.0 Å². The molecule has 0 atom stereocenters. The molecule has 0 aliphatic heterocycles. The minimum absolute atomic E-state index is 0.320. The summed E-state index contributed by atoms with van der Waals surface area (Å²) in [5.74, 6) is 1.70. The van der Waals surface area contributed by atoms with Crippen LogP contribution in [0.5, 0.6) is 5.75 Å². The number of rotatable bonds is 4. The molecule has 17 heavy (non-hydrogen) atoms. The smallest absolute Gasteiger partial charge is 0.222 e. The average Bonchev–Trinajstić information content (AvgIpc) is 2.74. The second-order valence-electron chi connectivity index (χ2n) is 4.34. The summed E-state index contributed by atoms with van der Waals surface area (Å²) in [7, 11) is 0. The Morgan fingerprint density at radius 2 is 2.00 bits per heavy atom. The number of aromatic nitrogens is 1. The molecule has 0 fully saturated rings. The highest BCUT2D eigenvalue weighted by Gasteiger charge is 2.04. The molecular weight excluding hydrogens is 216 g/mol. The highest BCUT2D eigenvalue weighted by molar-refractivity contribution is 5.61.